The van der Waals surface area contributed by atoms with Crippen LogP contribution in [0.1, 0.15) is 9.80 Å². The molecule has 8 heteroatoms. The first-order valence-corrected chi connectivity index (χ1v) is 6.46. The molecule has 3 N–H and O–H groups in total. The van der Waals surface area contributed by atoms with Gasteiger partial charge in [0.05, 0.1) is 23.9 Å². The summed E-state index contributed by atoms with van der Waals surface area (Å²) < 4.78 is 5.10. The van der Waals surface area contributed by atoms with Gasteiger partial charge in [0, 0.05) is 0 Å². The molecule has 0 aliphatic carbocycles. The lowest BCUT2D eigenvalue weighted by molar-refractivity contribution is -0.143. The zero-order chi connectivity index (χ0) is 14.7. The summed E-state index contributed by atoms with van der Waals surface area (Å²) in [6.45, 7) is -0.565. The number of nitrogens with one attached hydrogen (secondary N) is 1. The Morgan fingerprint density at radius 3 is 2.90 bits per heavy atom. The van der Waals surface area contributed by atoms with E-state index in [0.29, 0.717) is 10.2 Å². The zero-order valence-electron chi connectivity index (χ0n) is 10.5. The minimum Gasteiger partial charge on any atom is -0.508 e. The summed E-state index contributed by atoms with van der Waals surface area (Å²) in [7, 11) is 1.16. The zero-order valence-corrected chi connectivity index (χ0v) is 11.3. The first kappa shape index (κ1) is 14.2. The molecule has 2 aromatic rings. The van der Waals surface area contributed by atoms with Crippen molar-refractivity contribution in [2.24, 2.45) is 0 Å². The van der Waals surface area contributed by atoms with E-state index in [1.165, 1.54) is 12.1 Å². The van der Waals surface area contributed by atoms with Crippen molar-refractivity contribution in [1.29, 1.82) is 0 Å². The van der Waals surface area contributed by atoms with Crippen molar-refractivity contribution in [2.75, 3.05) is 13.7 Å². The van der Waals surface area contributed by atoms with Crippen LogP contribution in [0.15, 0.2) is 18.2 Å². The fourth-order valence-corrected chi connectivity index (χ4v) is 2.45. The first-order valence-electron chi connectivity index (χ1n) is 5.64. The monoisotopic (exact) mass is 296 g/mol. The van der Waals surface area contributed by atoms with Gasteiger partial charge in [0.25, 0.3) is 5.91 Å². The Morgan fingerprint density at radius 1 is 1.50 bits per heavy atom. The van der Waals surface area contributed by atoms with Crippen LogP contribution in [0.2, 0.25) is 0 Å². The fourth-order valence-electron chi connectivity index (χ4n) is 1.55. The number of nitrogens with zero attached hydrogens (tertiary/aromatic N) is 1. The van der Waals surface area contributed by atoms with E-state index in [9.17, 15) is 14.7 Å². The van der Waals surface area contributed by atoms with Gasteiger partial charge in [-0.25, -0.2) is 9.78 Å². The smallest absolute Gasteiger partial charge is 0.330 e. The number of hydrogen-bond donors (Lipinski definition) is 3. The maximum absolute atomic E-state index is 11.9. The Morgan fingerprint density at radius 2 is 2.25 bits per heavy atom. The molecule has 0 radical (unpaired) electrons. The van der Waals surface area contributed by atoms with Crippen LogP contribution in [0.3, 0.4) is 0 Å². The molecule has 1 amide bonds. The Bertz CT molecular complexity index is 654. The van der Waals surface area contributed by atoms with Gasteiger partial charge >= 0.3 is 5.97 Å². The van der Waals surface area contributed by atoms with Crippen molar-refractivity contribution in [3.63, 3.8) is 0 Å². The van der Waals surface area contributed by atoms with Crippen molar-refractivity contribution in [3.05, 3.63) is 23.2 Å². The average Bonchev–Trinajstić information content (AvgIpc) is 2.86. The molecule has 2 rings (SSSR count). The SMILES string of the molecule is COC(=O)C(CO)NC(=O)c1nc2ccc(O)cc2s1. The summed E-state index contributed by atoms with van der Waals surface area (Å²) >= 11 is 1.07. The van der Waals surface area contributed by atoms with Crippen molar-refractivity contribution < 1.29 is 24.5 Å². The van der Waals surface area contributed by atoms with Gasteiger partial charge < -0.3 is 20.3 Å². The summed E-state index contributed by atoms with van der Waals surface area (Å²) in [4.78, 5) is 27.3. The number of methoxy groups -OCH3 is 1. The number of phenolic OH excluding ortho intramolecular Hbond substituents is 1. The van der Waals surface area contributed by atoms with Crippen molar-refractivity contribution in [2.45, 2.75) is 6.04 Å². The van der Waals surface area contributed by atoms with E-state index in [4.69, 9.17) is 5.11 Å². The lowest BCUT2D eigenvalue weighted by Gasteiger charge is -2.12. The molecule has 1 aromatic carbocycles. The molecular formula is C12H12N2O5S. The number of carbonyl (C=O) groups is 2. The first-order chi connectivity index (χ1) is 9.55. The van der Waals surface area contributed by atoms with Gasteiger partial charge in [-0.15, -0.1) is 11.3 Å². The molecule has 0 bridgehead atoms. The molecule has 1 aromatic heterocycles. The lowest BCUT2D eigenvalue weighted by atomic mass is 10.3. The summed E-state index contributed by atoms with van der Waals surface area (Å²) in [5, 5.41) is 20.8. The molecule has 0 fully saturated rings. The molecule has 0 spiro atoms. The second kappa shape index (κ2) is 5.85. The van der Waals surface area contributed by atoms with Gasteiger partial charge in [-0.1, -0.05) is 0 Å². The number of rotatable bonds is 4. The molecular weight excluding hydrogens is 284 g/mol. The molecule has 1 unspecified atom stereocenters. The van der Waals surface area contributed by atoms with Crippen LogP contribution in [0, 0.1) is 0 Å². The van der Waals surface area contributed by atoms with Crippen molar-refractivity contribution >= 4 is 33.4 Å². The third-order valence-corrected chi connectivity index (χ3v) is 3.56. The lowest BCUT2D eigenvalue weighted by Crippen LogP contribution is -2.44. The number of esters is 1. The predicted octanol–water partition coefficient (Wildman–Crippen LogP) is 0.266. The number of hydrogen-bond acceptors (Lipinski definition) is 7. The fraction of sp³-hybridized carbons (Fsp3) is 0.250. The van der Waals surface area contributed by atoms with Crippen LogP contribution >= 0.6 is 11.3 Å². The van der Waals surface area contributed by atoms with Gasteiger partial charge in [0.15, 0.2) is 11.0 Å². The molecule has 0 saturated carbocycles. The second-order valence-corrected chi connectivity index (χ2v) is 4.93. The van der Waals surface area contributed by atoms with E-state index in [0.717, 1.165) is 18.4 Å². The van der Waals surface area contributed by atoms with Gasteiger partial charge in [0.2, 0.25) is 0 Å². The normalized spacial score (nSPS) is 12.1. The standard InChI is InChI=1S/C12H12N2O5S/c1-19-12(18)8(5-15)13-10(17)11-14-7-3-2-6(16)4-9(7)20-11/h2-4,8,15-16H,5H2,1H3,(H,13,17). The maximum Gasteiger partial charge on any atom is 0.330 e. The second-order valence-electron chi connectivity index (χ2n) is 3.90. The van der Waals surface area contributed by atoms with Gasteiger partial charge in [0.1, 0.15) is 5.75 Å². The van der Waals surface area contributed by atoms with E-state index in [-0.39, 0.29) is 10.8 Å². The highest BCUT2D eigenvalue weighted by Crippen LogP contribution is 2.25. The number of aliphatic hydroxyl groups is 1. The molecule has 0 saturated heterocycles. The number of fused-ring (bicyclic) bond motifs is 1. The summed E-state index contributed by atoms with van der Waals surface area (Å²) in [6.07, 6.45) is 0. The quantitative estimate of drug-likeness (QED) is 0.699. The van der Waals surface area contributed by atoms with Gasteiger partial charge in [-0.2, -0.15) is 0 Å². The number of thiazole rings is 1. The average molecular weight is 296 g/mol. The molecule has 0 aliphatic heterocycles. The van der Waals surface area contributed by atoms with Crippen molar-refractivity contribution in [1.82, 2.24) is 10.3 Å². The molecule has 0 aliphatic rings. The number of amides is 1. The van der Waals surface area contributed by atoms with Gasteiger partial charge in [-0.3, -0.25) is 4.79 Å². The number of ether oxygens (including phenoxy) is 1. The summed E-state index contributed by atoms with van der Waals surface area (Å²) in [5.74, 6) is -1.24. The van der Waals surface area contributed by atoms with Crippen molar-refractivity contribution in [3.8, 4) is 5.75 Å². The number of aromatic hydroxyl groups is 1. The largest absolute Gasteiger partial charge is 0.508 e. The third kappa shape index (κ3) is 2.86. The van der Waals surface area contributed by atoms with Crippen LogP contribution in [0.5, 0.6) is 5.75 Å². The van der Waals surface area contributed by atoms with E-state index < -0.39 is 24.5 Å². The summed E-state index contributed by atoms with van der Waals surface area (Å²) in [5.41, 5.74) is 0.566. The summed E-state index contributed by atoms with van der Waals surface area (Å²) in [6, 6.07) is 3.41. The number of aromatic nitrogens is 1. The molecule has 106 valence electrons. The predicted molar refractivity (Wildman–Crippen MR) is 71.6 cm³/mol. The van der Waals surface area contributed by atoms with Crippen LogP contribution in [0.4, 0.5) is 0 Å². The topological polar surface area (TPSA) is 109 Å². The number of aliphatic hydroxyl groups excluding tert-OH is 1. The maximum atomic E-state index is 11.9. The van der Waals surface area contributed by atoms with E-state index in [1.54, 1.807) is 6.07 Å². The number of phenols is 1. The minimum atomic E-state index is -1.13. The van der Waals surface area contributed by atoms with Crippen LogP contribution in [-0.2, 0) is 9.53 Å². The van der Waals surface area contributed by atoms with E-state index >= 15 is 0 Å². The highest BCUT2D eigenvalue weighted by atomic mass is 32.1. The highest BCUT2D eigenvalue weighted by Gasteiger charge is 2.23. The third-order valence-electron chi connectivity index (χ3n) is 2.54. The Labute approximate surface area is 117 Å². The van der Waals surface area contributed by atoms with Gasteiger partial charge in [-0.05, 0) is 18.2 Å². The molecule has 20 heavy (non-hydrogen) atoms. The Kier molecular flexibility index (Phi) is 4.16. The Balaban J connectivity index is 2.20. The highest BCUT2D eigenvalue weighted by molar-refractivity contribution is 7.20. The van der Waals surface area contributed by atoms with E-state index in [1.807, 2.05) is 0 Å². The molecule has 7 nitrogen and oxygen atoms in total. The Hall–Kier alpha value is -2.19. The van der Waals surface area contributed by atoms with Crippen LogP contribution in [0.25, 0.3) is 10.2 Å². The van der Waals surface area contributed by atoms with Crippen LogP contribution < -0.4 is 5.32 Å². The molecule has 1 heterocycles. The number of carbonyl (C=O) groups excluding carboxylic acids is 2. The minimum absolute atomic E-state index is 0.0795. The number of benzene rings is 1. The van der Waals surface area contributed by atoms with Crippen LogP contribution in [-0.4, -0.2) is 46.8 Å². The van der Waals surface area contributed by atoms with E-state index in [2.05, 4.69) is 15.0 Å². The molecule has 1 atom stereocenters.